The number of hydrogen-bond donors (Lipinski definition) is 1. The van der Waals surface area contributed by atoms with Crippen LogP contribution in [0.25, 0.3) is 0 Å². The van der Waals surface area contributed by atoms with Gasteiger partial charge in [-0.3, -0.25) is 14.9 Å². The summed E-state index contributed by atoms with van der Waals surface area (Å²) in [5.41, 5.74) is 5.14. The zero-order valence-corrected chi connectivity index (χ0v) is 20.9. The van der Waals surface area contributed by atoms with Crippen molar-refractivity contribution in [1.82, 2.24) is 5.43 Å². The van der Waals surface area contributed by atoms with Gasteiger partial charge in [-0.15, -0.1) is 0 Å². The highest BCUT2D eigenvalue weighted by molar-refractivity contribution is 5.83. The number of hydrazone groups is 1. The highest BCUT2D eigenvalue weighted by Gasteiger charge is 2.51. The molecule has 8 nitrogen and oxygen atoms in total. The smallest absolute Gasteiger partial charge is 0.272 e. The van der Waals surface area contributed by atoms with Crippen molar-refractivity contribution in [1.29, 1.82) is 0 Å². The molecule has 0 aliphatic heterocycles. The van der Waals surface area contributed by atoms with Crippen molar-refractivity contribution in [2.45, 2.75) is 58.5 Å². The molecule has 0 atom stereocenters. The first-order valence-electron chi connectivity index (χ1n) is 12.7. The lowest BCUT2D eigenvalue weighted by Gasteiger charge is -2.56. The Kier molecular flexibility index (Phi) is 6.69. The molecule has 4 aliphatic rings. The largest absolute Gasteiger partial charge is 0.496 e. The van der Waals surface area contributed by atoms with Gasteiger partial charge in [0.2, 0.25) is 5.91 Å². The molecule has 190 valence electrons. The first kappa shape index (κ1) is 24.3. The van der Waals surface area contributed by atoms with E-state index >= 15 is 0 Å². The van der Waals surface area contributed by atoms with Crippen LogP contribution < -0.4 is 14.9 Å². The summed E-state index contributed by atoms with van der Waals surface area (Å²) in [7, 11) is 1.59. The van der Waals surface area contributed by atoms with Crippen molar-refractivity contribution in [3.63, 3.8) is 0 Å². The number of carbonyl (C=O) groups excluding carboxylic acids is 1. The Balaban J connectivity index is 1.19. The van der Waals surface area contributed by atoms with Gasteiger partial charge in [-0.2, -0.15) is 5.10 Å². The van der Waals surface area contributed by atoms with Gasteiger partial charge in [0, 0.05) is 23.6 Å². The SMILES string of the molecule is COc1ccc(/C=N\NC(=O)CC23CC4CC(CC(C4)C2)C3)cc1COc1ccc([N+](=O)[O-])c(C)c1. The van der Waals surface area contributed by atoms with Gasteiger partial charge in [0.1, 0.15) is 18.1 Å². The van der Waals surface area contributed by atoms with Gasteiger partial charge in [0.25, 0.3) is 5.69 Å². The molecule has 2 aromatic rings. The summed E-state index contributed by atoms with van der Waals surface area (Å²) < 4.78 is 11.3. The normalized spacial score (nSPS) is 26.2. The molecule has 0 spiro atoms. The molecular formula is C28H33N3O5. The lowest BCUT2D eigenvalue weighted by molar-refractivity contribution is -0.385. The van der Waals surface area contributed by atoms with E-state index in [0.717, 1.165) is 28.9 Å². The topological polar surface area (TPSA) is 103 Å². The fourth-order valence-corrected chi connectivity index (χ4v) is 7.14. The maximum Gasteiger partial charge on any atom is 0.272 e. The number of nitrogens with zero attached hydrogens (tertiary/aromatic N) is 2. The van der Waals surface area contributed by atoms with Gasteiger partial charge in [0.15, 0.2) is 0 Å². The van der Waals surface area contributed by atoms with Crippen LogP contribution in [0.15, 0.2) is 41.5 Å². The quantitative estimate of drug-likeness (QED) is 0.281. The lowest BCUT2D eigenvalue weighted by Crippen LogP contribution is -2.47. The van der Waals surface area contributed by atoms with Crippen LogP contribution in [0.4, 0.5) is 5.69 Å². The van der Waals surface area contributed by atoms with Crippen molar-refractivity contribution >= 4 is 17.8 Å². The Morgan fingerprint density at radius 3 is 2.44 bits per heavy atom. The number of carbonyl (C=O) groups is 1. The van der Waals surface area contributed by atoms with E-state index < -0.39 is 4.92 Å². The fourth-order valence-electron chi connectivity index (χ4n) is 7.14. The van der Waals surface area contributed by atoms with E-state index in [9.17, 15) is 14.9 Å². The summed E-state index contributed by atoms with van der Waals surface area (Å²) >= 11 is 0. The molecule has 4 aliphatic carbocycles. The highest BCUT2D eigenvalue weighted by atomic mass is 16.6. The van der Waals surface area contributed by atoms with Gasteiger partial charge in [-0.1, -0.05) is 0 Å². The van der Waals surface area contributed by atoms with Crippen LogP contribution in [0.1, 0.15) is 61.6 Å². The van der Waals surface area contributed by atoms with Crippen molar-refractivity contribution in [2.75, 3.05) is 7.11 Å². The number of ether oxygens (including phenoxy) is 2. The Morgan fingerprint density at radius 2 is 1.83 bits per heavy atom. The molecule has 1 amide bonds. The average Bonchev–Trinajstić information content (AvgIpc) is 2.81. The minimum atomic E-state index is -0.410. The Hall–Kier alpha value is -3.42. The zero-order valence-electron chi connectivity index (χ0n) is 20.9. The molecular weight excluding hydrogens is 458 g/mol. The molecule has 0 aromatic heterocycles. The second kappa shape index (κ2) is 9.91. The van der Waals surface area contributed by atoms with Crippen LogP contribution >= 0.6 is 0 Å². The summed E-state index contributed by atoms with van der Waals surface area (Å²) in [6.45, 7) is 1.90. The summed E-state index contributed by atoms with van der Waals surface area (Å²) in [5, 5.41) is 15.3. The Morgan fingerprint density at radius 1 is 1.14 bits per heavy atom. The molecule has 4 bridgehead atoms. The van der Waals surface area contributed by atoms with Crippen molar-refractivity contribution in [2.24, 2.45) is 28.3 Å². The molecule has 4 saturated carbocycles. The first-order valence-corrected chi connectivity index (χ1v) is 12.7. The Bertz CT molecular complexity index is 1160. The summed E-state index contributed by atoms with van der Waals surface area (Å²) in [4.78, 5) is 23.4. The number of methoxy groups -OCH3 is 1. The summed E-state index contributed by atoms with van der Waals surface area (Å²) in [6, 6.07) is 10.3. The standard InChI is InChI=1S/C28H33N3O5/c1-18-7-24(4-5-25(18)31(33)34)36-17-23-11-19(3-6-26(23)35-2)16-29-30-27(32)15-28-12-20-8-21(13-28)10-22(9-20)14-28/h3-7,11,16,20-22H,8-10,12-15,17H2,1-2H3,(H,30,32)/b29-16-. The second-order valence-electron chi connectivity index (χ2n) is 11.0. The Labute approximate surface area is 211 Å². The number of rotatable bonds is 9. The number of aryl methyl sites for hydroxylation is 1. The minimum Gasteiger partial charge on any atom is -0.496 e. The van der Waals surface area contributed by atoms with E-state index in [4.69, 9.17) is 9.47 Å². The van der Waals surface area contributed by atoms with E-state index in [1.54, 1.807) is 32.4 Å². The summed E-state index contributed by atoms with van der Waals surface area (Å²) in [5.74, 6) is 3.67. The van der Waals surface area contributed by atoms with E-state index in [-0.39, 0.29) is 23.6 Å². The zero-order chi connectivity index (χ0) is 25.3. The van der Waals surface area contributed by atoms with Gasteiger partial charge < -0.3 is 9.47 Å². The number of amides is 1. The number of nitrogens with one attached hydrogen (secondary N) is 1. The molecule has 0 saturated heterocycles. The molecule has 2 aromatic carbocycles. The molecule has 0 radical (unpaired) electrons. The number of nitro benzene ring substituents is 1. The van der Waals surface area contributed by atoms with Crippen LogP contribution in [0.2, 0.25) is 0 Å². The third kappa shape index (κ3) is 5.22. The number of nitro groups is 1. The van der Waals surface area contributed by atoms with Gasteiger partial charge in [0.05, 0.1) is 18.2 Å². The van der Waals surface area contributed by atoms with Crippen LogP contribution in [-0.4, -0.2) is 24.2 Å². The first-order chi connectivity index (χ1) is 17.3. The molecule has 0 heterocycles. The van der Waals surface area contributed by atoms with E-state index in [2.05, 4.69) is 10.5 Å². The highest BCUT2D eigenvalue weighted by Crippen LogP contribution is 2.61. The maximum absolute atomic E-state index is 12.7. The van der Waals surface area contributed by atoms with Crippen molar-refractivity contribution in [3.8, 4) is 11.5 Å². The second-order valence-corrected chi connectivity index (χ2v) is 11.0. The molecule has 1 N–H and O–H groups in total. The summed E-state index contributed by atoms with van der Waals surface area (Å²) in [6.07, 6.45) is 9.91. The average molecular weight is 492 g/mol. The molecule has 6 rings (SSSR count). The van der Waals surface area contributed by atoms with Crippen LogP contribution in [0, 0.1) is 40.2 Å². The maximum atomic E-state index is 12.7. The number of benzene rings is 2. The fraction of sp³-hybridized carbons (Fsp3) is 0.500. The van der Waals surface area contributed by atoms with E-state index in [1.807, 2.05) is 18.2 Å². The molecule has 0 unspecified atom stereocenters. The molecule has 8 heteroatoms. The van der Waals surface area contributed by atoms with Crippen molar-refractivity contribution in [3.05, 3.63) is 63.2 Å². The predicted molar refractivity (Wildman–Crippen MR) is 136 cm³/mol. The third-order valence-corrected chi connectivity index (χ3v) is 8.17. The van der Waals surface area contributed by atoms with E-state index in [1.165, 1.54) is 44.6 Å². The van der Waals surface area contributed by atoms with Crippen LogP contribution in [-0.2, 0) is 11.4 Å². The number of hydrogen-bond acceptors (Lipinski definition) is 6. The van der Waals surface area contributed by atoms with Crippen LogP contribution in [0.3, 0.4) is 0 Å². The monoisotopic (exact) mass is 491 g/mol. The van der Waals surface area contributed by atoms with Gasteiger partial charge >= 0.3 is 0 Å². The molecule has 4 fully saturated rings. The predicted octanol–water partition coefficient (Wildman–Crippen LogP) is 5.55. The van der Waals surface area contributed by atoms with Crippen molar-refractivity contribution < 1.29 is 19.2 Å². The molecule has 36 heavy (non-hydrogen) atoms. The van der Waals surface area contributed by atoms with E-state index in [0.29, 0.717) is 23.5 Å². The van der Waals surface area contributed by atoms with Gasteiger partial charge in [-0.25, -0.2) is 5.43 Å². The van der Waals surface area contributed by atoms with Gasteiger partial charge in [-0.05, 0) is 105 Å². The lowest BCUT2D eigenvalue weighted by atomic mass is 9.49. The third-order valence-electron chi connectivity index (χ3n) is 8.17. The minimum absolute atomic E-state index is 0.00110. The van der Waals surface area contributed by atoms with Crippen LogP contribution in [0.5, 0.6) is 11.5 Å².